The van der Waals surface area contributed by atoms with E-state index in [0.29, 0.717) is 0 Å². The smallest absolute Gasteiger partial charge is 0.204 e. The SMILES string of the molecule is Fc1c(F)c(F)c(-c2c(F)c(F)c(B(c3c(F)c(F)c(-c4c(F)c(F)c(F)c(F)c4F)c(F)c3F)c3c(F)c(F)c(-c4c(F)c(F)c(F)c(F)c4F)c(F)c3F)c(F)c2F)c(F)c1F. The van der Waals surface area contributed by atoms with Gasteiger partial charge in [-0.25, -0.2) is 119 Å². The Morgan fingerprint density at radius 1 is 0.125 bits per heavy atom. The van der Waals surface area contributed by atoms with Crippen molar-refractivity contribution < 1.29 is 119 Å². The van der Waals surface area contributed by atoms with Gasteiger partial charge in [0, 0.05) is 16.4 Å². The minimum absolute atomic E-state index is 2.98. The Balaban J connectivity index is 1.84. The van der Waals surface area contributed by atoms with Gasteiger partial charge in [-0.05, 0) is 0 Å². The summed E-state index contributed by atoms with van der Waals surface area (Å²) in [5.41, 5.74) is -28.3. The van der Waals surface area contributed by atoms with Crippen LogP contribution in [0.2, 0.25) is 0 Å². The molecule has 0 fully saturated rings. The second-order valence-corrected chi connectivity index (χ2v) is 12.4. The van der Waals surface area contributed by atoms with Crippen LogP contribution < -0.4 is 16.4 Å². The van der Waals surface area contributed by atoms with Crippen molar-refractivity contribution in [3.8, 4) is 33.4 Å². The molecule has 0 atom stereocenters. The zero-order valence-corrected chi connectivity index (χ0v) is 28.8. The van der Waals surface area contributed by atoms with Crippen molar-refractivity contribution in [2.45, 2.75) is 0 Å². The molecule has 0 bridgehead atoms. The van der Waals surface area contributed by atoms with E-state index in [1.54, 1.807) is 0 Å². The Kier molecular flexibility index (Phi) is 11.7. The predicted octanol–water partition coefficient (Wildman–Crippen LogP) is 11.0. The van der Waals surface area contributed by atoms with Gasteiger partial charge in [-0.1, -0.05) is 0 Å². The van der Waals surface area contributed by atoms with E-state index in [4.69, 9.17) is 0 Å². The summed E-state index contributed by atoms with van der Waals surface area (Å²) in [7, 11) is 0. The molecule has 6 aromatic carbocycles. The van der Waals surface area contributed by atoms with Gasteiger partial charge in [0.15, 0.2) is 140 Å². The number of hydrogen-bond acceptors (Lipinski definition) is 0. The van der Waals surface area contributed by atoms with Gasteiger partial charge in [0.2, 0.25) is 17.5 Å². The molecule has 0 spiro atoms. The fraction of sp³-hybridized carbons (Fsp3) is 0. The highest BCUT2D eigenvalue weighted by Crippen LogP contribution is 2.40. The first-order chi connectivity index (χ1) is 29.6. The van der Waals surface area contributed by atoms with Crippen LogP contribution in [0.1, 0.15) is 0 Å². The van der Waals surface area contributed by atoms with Crippen LogP contribution in [0.15, 0.2) is 0 Å². The predicted molar refractivity (Wildman–Crippen MR) is 159 cm³/mol. The number of hydrogen-bond donors (Lipinski definition) is 0. The maximum absolute atomic E-state index is 16.0. The van der Waals surface area contributed by atoms with E-state index in [2.05, 4.69) is 0 Å². The van der Waals surface area contributed by atoms with E-state index in [0.717, 1.165) is 0 Å². The third-order valence-electron chi connectivity index (χ3n) is 9.14. The van der Waals surface area contributed by atoms with Crippen molar-refractivity contribution in [2.75, 3.05) is 0 Å². The zero-order valence-electron chi connectivity index (χ0n) is 28.8. The van der Waals surface area contributed by atoms with Gasteiger partial charge in [-0.3, -0.25) is 0 Å². The van der Waals surface area contributed by atoms with E-state index < -0.39 is 214 Å². The maximum Gasteiger partial charge on any atom is 0.265 e. The van der Waals surface area contributed by atoms with Gasteiger partial charge >= 0.3 is 0 Å². The van der Waals surface area contributed by atoms with E-state index in [9.17, 15) is 65.9 Å². The molecular formula is C36BF27. The Morgan fingerprint density at radius 3 is 0.344 bits per heavy atom. The first-order valence-electron chi connectivity index (χ1n) is 15.7. The van der Waals surface area contributed by atoms with Crippen molar-refractivity contribution in [3.05, 3.63) is 157 Å². The van der Waals surface area contributed by atoms with Crippen LogP contribution in [0.3, 0.4) is 0 Å². The Morgan fingerprint density at radius 2 is 0.219 bits per heavy atom. The molecule has 0 aliphatic carbocycles. The molecule has 336 valence electrons. The molecule has 0 amide bonds. The summed E-state index contributed by atoms with van der Waals surface area (Å²) in [6.45, 7) is -4.83. The first-order valence-corrected chi connectivity index (χ1v) is 15.7. The molecule has 0 nitrogen and oxygen atoms in total. The molecule has 64 heavy (non-hydrogen) atoms. The van der Waals surface area contributed by atoms with E-state index in [1.807, 2.05) is 0 Å². The van der Waals surface area contributed by atoms with Gasteiger partial charge in [0.05, 0.1) is 33.4 Å². The average Bonchev–Trinajstić information content (AvgIpc) is 3.26. The molecule has 0 aliphatic rings. The second-order valence-electron chi connectivity index (χ2n) is 12.4. The van der Waals surface area contributed by atoms with Crippen LogP contribution in [0.25, 0.3) is 33.4 Å². The summed E-state index contributed by atoms with van der Waals surface area (Å²) in [5, 5.41) is 0. The van der Waals surface area contributed by atoms with Crippen LogP contribution >= 0.6 is 0 Å². The minimum Gasteiger partial charge on any atom is -0.204 e. The molecule has 0 unspecified atom stereocenters. The standard InChI is InChI=1S/C36BF27/c38-10-1(4-16(44)28(56)34(62)29(57)17(4)45)11(39)23(51)7(22(10)50)37(8-24(52)12(40)2(13(41)25(8)53)5-18(46)30(58)35(63)31(59)19(5)47)9-26(54)14(42)3(15(43)27(9)55)6-20(48)32(60)36(64)33(61)21(6)49. The summed E-state index contributed by atoms with van der Waals surface area (Å²) in [6, 6.07) is 0. The van der Waals surface area contributed by atoms with Gasteiger partial charge in [-0.2, -0.15) is 0 Å². The van der Waals surface area contributed by atoms with Crippen molar-refractivity contribution in [1.29, 1.82) is 0 Å². The van der Waals surface area contributed by atoms with Gasteiger partial charge in [-0.15, -0.1) is 0 Å². The van der Waals surface area contributed by atoms with Crippen molar-refractivity contribution in [1.82, 2.24) is 0 Å². The Labute approximate surface area is 332 Å². The average molecular weight is 956 g/mol. The number of benzene rings is 6. The van der Waals surface area contributed by atoms with Crippen LogP contribution in [0.4, 0.5) is 119 Å². The summed E-state index contributed by atoms with van der Waals surface area (Å²) in [5.74, 6) is -92.2. The molecule has 0 aromatic heterocycles. The van der Waals surface area contributed by atoms with E-state index in [1.165, 1.54) is 0 Å². The molecule has 0 N–H and O–H groups in total. The van der Waals surface area contributed by atoms with Crippen LogP contribution in [0.5, 0.6) is 0 Å². The lowest BCUT2D eigenvalue weighted by atomic mass is 9.35. The molecular weight excluding hydrogens is 956 g/mol. The fourth-order valence-electron chi connectivity index (χ4n) is 6.27. The van der Waals surface area contributed by atoms with Crippen molar-refractivity contribution in [3.63, 3.8) is 0 Å². The van der Waals surface area contributed by atoms with Gasteiger partial charge < -0.3 is 0 Å². The molecule has 0 heterocycles. The maximum atomic E-state index is 16.0. The van der Waals surface area contributed by atoms with E-state index in [-0.39, 0.29) is 0 Å². The molecule has 0 radical (unpaired) electrons. The largest absolute Gasteiger partial charge is 0.265 e. The summed E-state index contributed by atoms with van der Waals surface area (Å²) in [6.07, 6.45) is 0. The van der Waals surface area contributed by atoms with Gasteiger partial charge in [0.25, 0.3) is 6.71 Å². The van der Waals surface area contributed by atoms with Gasteiger partial charge in [0.1, 0.15) is 0 Å². The number of rotatable bonds is 6. The molecule has 6 aromatic rings. The Bertz CT molecular complexity index is 2590. The lowest BCUT2D eigenvalue weighted by Gasteiger charge is -2.24. The molecule has 28 heteroatoms. The highest BCUT2D eigenvalue weighted by Gasteiger charge is 2.47. The first kappa shape index (κ1) is 47.0. The van der Waals surface area contributed by atoms with Crippen LogP contribution in [-0.2, 0) is 0 Å². The lowest BCUT2D eigenvalue weighted by molar-refractivity contribution is 0.379. The topological polar surface area (TPSA) is 0 Å². The second kappa shape index (κ2) is 15.9. The van der Waals surface area contributed by atoms with Crippen LogP contribution in [0, 0.1) is 157 Å². The lowest BCUT2D eigenvalue weighted by Crippen LogP contribution is -2.60. The highest BCUT2D eigenvalue weighted by atomic mass is 19.2. The van der Waals surface area contributed by atoms with Crippen molar-refractivity contribution >= 4 is 23.1 Å². The molecule has 0 saturated heterocycles. The third kappa shape index (κ3) is 6.32. The zero-order chi connectivity index (χ0) is 48.4. The summed E-state index contributed by atoms with van der Waals surface area (Å²) in [4.78, 5) is 0. The van der Waals surface area contributed by atoms with Crippen molar-refractivity contribution in [2.24, 2.45) is 0 Å². The highest BCUT2D eigenvalue weighted by molar-refractivity contribution is 6.95. The summed E-state index contributed by atoms with van der Waals surface area (Å²) < 4.78 is 403. The molecule has 0 saturated carbocycles. The molecule has 0 aliphatic heterocycles. The quantitative estimate of drug-likeness (QED) is 0.0675. The normalized spacial score (nSPS) is 11.7. The molecule has 6 rings (SSSR count). The van der Waals surface area contributed by atoms with Crippen LogP contribution in [-0.4, -0.2) is 6.71 Å². The summed E-state index contributed by atoms with van der Waals surface area (Å²) >= 11 is 0. The monoisotopic (exact) mass is 956 g/mol. The minimum atomic E-state index is -4.83. The Hall–Kier alpha value is -6.51. The van der Waals surface area contributed by atoms with E-state index >= 15 is 52.7 Å². The third-order valence-corrected chi connectivity index (χ3v) is 9.14. The number of halogens is 27. The fourth-order valence-corrected chi connectivity index (χ4v) is 6.27.